The summed E-state index contributed by atoms with van der Waals surface area (Å²) in [7, 11) is -1.61. The fourth-order valence-electron chi connectivity index (χ4n) is 2.71. The first-order valence-corrected chi connectivity index (χ1v) is 9.40. The highest BCUT2D eigenvalue weighted by molar-refractivity contribution is 9.10. The van der Waals surface area contributed by atoms with Gasteiger partial charge in [-0.05, 0) is 45.8 Å². The molecule has 1 heterocycles. The van der Waals surface area contributed by atoms with Crippen LogP contribution in [-0.4, -0.2) is 8.07 Å². The molecular weight excluding hydrogens is 295 g/mol. The number of hydrogen-bond acceptors (Lipinski definition) is 0. The lowest BCUT2D eigenvalue weighted by Crippen LogP contribution is -2.49. The predicted octanol–water partition coefficient (Wildman–Crippen LogP) is 3.39. The second-order valence-electron chi connectivity index (χ2n) is 5.00. The van der Waals surface area contributed by atoms with Gasteiger partial charge in [0.05, 0.1) is 0 Å². The van der Waals surface area contributed by atoms with Gasteiger partial charge in [0.2, 0.25) is 0 Å². The first-order valence-electron chi connectivity index (χ1n) is 5.60. The van der Waals surface area contributed by atoms with Crippen LogP contribution in [0.1, 0.15) is 0 Å². The van der Waals surface area contributed by atoms with E-state index in [2.05, 4.69) is 47.2 Å². The van der Waals surface area contributed by atoms with Crippen molar-refractivity contribution in [1.82, 2.24) is 0 Å². The summed E-state index contributed by atoms with van der Waals surface area (Å²) in [4.78, 5) is 0. The summed E-state index contributed by atoms with van der Waals surface area (Å²) in [5, 5.41) is 2.74. The summed E-state index contributed by atoms with van der Waals surface area (Å²) in [5.74, 6) is -0.152. The average molecular weight is 307 g/mol. The van der Waals surface area contributed by atoms with Gasteiger partial charge in [-0.15, -0.1) is 0 Å². The van der Waals surface area contributed by atoms with E-state index in [4.69, 9.17) is 0 Å². The van der Waals surface area contributed by atoms with E-state index < -0.39 is 8.07 Å². The number of hydrogen-bond donors (Lipinski definition) is 0. The molecule has 1 aliphatic rings. The van der Waals surface area contributed by atoms with Crippen LogP contribution in [0.4, 0.5) is 4.39 Å². The van der Waals surface area contributed by atoms with Crippen molar-refractivity contribution >= 4 is 34.4 Å². The molecule has 0 saturated heterocycles. The highest BCUT2D eigenvalue weighted by Crippen LogP contribution is 2.30. The summed E-state index contributed by atoms with van der Waals surface area (Å²) in [6.07, 6.45) is 0. The van der Waals surface area contributed by atoms with Crippen molar-refractivity contribution in [3.8, 4) is 11.1 Å². The first-order chi connectivity index (χ1) is 8.00. The molecule has 0 saturated carbocycles. The van der Waals surface area contributed by atoms with Gasteiger partial charge in [-0.1, -0.05) is 41.2 Å². The molecule has 17 heavy (non-hydrogen) atoms. The summed E-state index contributed by atoms with van der Waals surface area (Å²) in [6.45, 7) is 4.65. The van der Waals surface area contributed by atoms with E-state index in [1.807, 2.05) is 6.07 Å². The minimum absolute atomic E-state index is 0.152. The van der Waals surface area contributed by atoms with Gasteiger partial charge in [0.1, 0.15) is 13.9 Å². The van der Waals surface area contributed by atoms with Crippen LogP contribution in [0, 0.1) is 5.82 Å². The molecular formula is C14H12BrFSi. The van der Waals surface area contributed by atoms with Gasteiger partial charge >= 0.3 is 0 Å². The lowest BCUT2D eigenvalue weighted by molar-refractivity contribution is 0.629. The Morgan fingerprint density at radius 3 is 2.24 bits per heavy atom. The smallest absolute Gasteiger partial charge is 0.123 e. The Kier molecular flexibility index (Phi) is 2.32. The molecule has 0 N–H and O–H groups in total. The van der Waals surface area contributed by atoms with Gasteiger partial charge < -0.3 is 0 Å². The summed E-state index contributed by atoms with van der Waals surface area (Å²) in [6, 6.07) is 11.6. The van der Waals surface area contributed by atoms with Crippen molar-refractivity contribution in [2.75, 3.05) is 0 Å². The molecule has 3 rings (SSSR count). The average Bonchev–Trinajstić information content (AvgIpc) is 2.47. The molecule has 2 aromatic rings. The standard InChI is InChI=1S/C14H12BrFSi/c1-17(2)13-5-3-9(15)7-11(13)12-8-10(16)4-6-14(12)17/h3-8H,1-2H3. The minimum atomic E-state index is -1.61. The molecule has 2 aromatic carbocycles. The van der Waals surface area contributed by atoms with Gasteiger partial charge in [0, 0.05) is 4.47 Å². The van der Waals surface area contributed by atoms with E-state index in [9.17, 15) is 4.39 Å². The maximum absolute atomic E-state index is 13.4. The molecule has 0 amide bonds. The van der Waals surface area contributed by atoms with Gasteiger partial charge in [-0.2, -0.15) is 0 Å². The van der Waals surface area contributed by atoms with Crippen molar-refractivity contribution < 1.29 is 4.39 Å². The van der Waals surface area contributed by atoms with Crippen LogP contribution in [0.15, 0.2) is 40.9 Å². The van der Waals surface area contributed by atoms with Gasteiger partial charge in [0.25, 0.3) is 0 Å². The quantitative estimate of drug-likeness (QED) is 0.655. The number of rotatable bonds is 0. The minimum Gasteiger partial charge on any atom is -0.207 e. The zero-order chi connectivity index (χ0) is 12.2. The van der Waals surface area contributed by atoms with E-state index >= 15 is 0 Å². The molecule has 0 atom stereocenters. The molecule has 1 aliphatic heterocycles. The lowest BCUT2D eigenvalue weighted by Gasteiger charge is -2.18. The molecule has 0 nitrogen and oxygen atoms in total. The van der Waals surface area contributed by atoms with Crippen LogP contribution in [0.2, 0.25) is 13.1 Å². The van der Waals surface area contributed by atoms with Gasteiger partial charge in [0.15, 0.2) is 0 Å². The molecule has 0 radical (unpaired) electrons. The lowest BCUT2D eigenvalue weighted by atomic mass is 10.1. The Hall–Kier alpha value is -0.933. The van der Waals surface area contributed by atoms with E-state index in [1.54, 1.807) is 12.1 Å². The molecule has 0 unspecified atom stereocenters. The van der Waals surface area contributed by atoms with Crippen LogP contribution in [0.3, 0.4) is 0 Å². The normalized spacial score (nSPS) is 15.5. The highest BCUT2D eigenvalue weighted by atomic mass is 79.9. The largest absolute Gasteiger partial charge is 0.207 e. The maximum Gasteiger partial charge on any atom is 0.123 e. The van der Waals surface area contributed by atoms with Crippen molar-refractivity contribution in [2.45, 2.75) is 13.1 Å². The van der Waals surface area contributed by atoms with Crippen molar-refractivity contribution in [1.29, 1.82) is 0 Å². The van der Waals surface area contributed by atoms with E-state index in [-0.39, 0.29) is 5.82 Å². The third-order valence-corrected chi connectivity index (χ3v) is 7.66. The Morgan fingerprint density at radius 2 is 1.53 bits per heavy atom. The third kappa shape index (κ3) is 1.53. The maximum atomic E-state index is 13.4. The first kappa shape index (κ1) is 11.2. The number of fused-ring (bicyclic) bond motifs is 3. The Labute approximate surface area is 110 Å². The zero-order valence-electron chi connectivity index (χ0n) is 9.72. The van der Waals surface area contributed by atoms with Crippen LogP contribution in [-0.2, 0) is 0 Å². The molecule has 0 aliphatic carbocycles. The Balaban J connectivity index is 2.39. The van der Waals surface area contributed by atoms with E-state index in [0.29, 0.717) is 0 Å². The zero-order valence-corrected chi connectivity index (χ0v) is 12.3. The monoisotopic (exact) mass is 306 g/mol. The van der Waals surface area contributed by atoms with Crippen LogP contribution in [0.5, 0.6) is 0 Å². The van der Waals surface area contributed by atoms with E-state index in [0.717, 1.165) is 10.0 Å². The second kappa shape index (κ2) is 3.53. The van der Waals surface area contributed by atoms with E-state index in [1.165, 1.54) is 15.9 Å². The highest BCUT2D eigenvalue weighted by Gasteiger charge is 2.37. The number of halogens is 2. The third-order valence-electron chi connectivity index (χ3n) is 3.60. The summed E-state index contributed by atoms with van der Waals surface area (Å²) in [5.41, 5.74) is 2.28. The topological polar surface area (TPSA) is 0 Å². The second-order valence-corrected chi connectivity index (χ2v) is 10.2. The van der Waals surface area contributed by atoms with Gasteiger partial charge in [-0.3, -0.25) is 0 Å². The van der Waals surface area contributed by atoms with Crippen molar-refractivity contribution in [3.63, 3.8) is 0 Å². The molecule has 0 aromatic heterocycles. The number of benzene rings is 2. The molecule has 3 heteroatoms. The Morgan fingerprint density at radius 1 is 0.941 bits per heavy atom. The molecule has 86 valence electrons. The van der Waals surface area contributed by atoms with Crippen LogP contribution in [0.25, 0.3) is 11.1 Å². The fraction of sp³-hybridized carbons (Fsp3) is 0.143. The Bertz CT molecular complexity index is 566. The summed E-state index contributed by atoms with van der Waals surface area (Å²) >= 11 is 3.49. The predicted molar refractivity (Wildman–Crippen MR) is 76.3 cm³/mol. The fourth-order valence-corrected chi connectivity index (χ4v) is 6.13. The molecule has 0 spiro atoms. The van der Waals surface area contributed by atoms with Crippen molar-refractivity contribution in [2.24, 2.45) is 0 Å². The van der Waals surface area contributed by atoms with Crippen LogP contribution < -0.4 is 10.4 Å². The van der Waals surface area contributed by atoms with Gasteiger partial charge in [-0.25, -0.2) is 4.39 Å². The SMILES string of the molecule is C[Si]1(C)c2ccc(F)cc2-c2cc(Br)ccc21. The summed E-state index contributed by atoms with van der Waals surface area (Å²) < 4.78 is 14.5. The molecule has 0 bridgehead atoms. The van der Waals surface area contributed by atoms with Crippen molar-refractivity contribution in [3.05, 3.63) is 46.7 Å². The van der Waals surface area contributed by atoms with Crippen LogP contribution >= 0.6 is 15.9 Å². The molecule has 0 fully saturated rings.